The predicted octanol–water partition coefficient (Wildman–Crippen LogP) is 5.12. The lowest BCUT2D eigenvalue weighted by Crippen LogP contribution is -2.27. The highest BCUT2D eigenvalue weighted by Gasteiger charge is 2.15. The highest BCUT2D eigenvalue weighted by Crippen LogP contribution is 2.28. The Bertz CT molecular complexity index is 1030. The number of nitrogens with zero attached hydrogens (tertiary/aromatic N) is 3. The topological polar surface area (TPSA) is 85.0 Å². The molecule has 0 bridgehead atoms. The van der Waals surface area contributed by atoms with E-state index < -0.39 is 11.0 Å². The number of para-hydroxylation sites is 2. The Labute approximate surface area is 168 Å². The molecule has 0 saturated heterocycles. The summed E-state index contributed by atoms with van der Waals surface area (Å²) in [7, 11) is 1.61. The van der Waals surface area contributed by atoms with Gasteiger partial charge in [-0.15, -0.1) is 0 Å². The zero-order valence-corrected chi connectivity index (χ0v) is 15.8. The highest BCUT2D eigenvalue weighted by molar-refractivity contribution is 5.92. The molecule has 0 heterocycles. The van der Waals surface area contributed by atoms with E-state index in [0.717, 1.165) is 5.56 Å². The van der Waals surface area contributed by atoms with Crippen LogP contribution < -0.4 is 4.90 Å². The molecule has 3 rings (SSSR count). The Hall–Kier alpha value is -4.00. The zero-order chi connectivity index (χ0) is 20.6. The van der Waals surface area contributed by atoms with Crippen molar-refractivity contribution in [3.8, 4) is 0 Å². The molecule has 0 N–H and O–H groups in total. The van der Waals surface area contributed by atoms with Gasteiger partial charge in [0.05, 0.1) is 16.3 Å². The summed E-state index contributed by atoms with van der Waals surface area (Å²) < 4.78 is 5.36. The van der Waals surface area contributed by atoms with Gasteiger partial charge in [0, 0.05) is 25.4 Å². The van der Waals surface area contributed by atoms with E-state index in [0.29, 0.717) is 16.9 Å². The lowest BCUT2D eigenvalue weighted by molar-refractivity contribution is -0.384. The van der Waals surface area contributed by atoms with Crippen molar-refractivity contribution in [2.24, 2.45) is 4.99 Å². The molecule has 29 heavy (non-hydrogen) atoms. The molecule has 0 atom stereocenters. The fraction of sp³-hybridized carbons (Fsp3) is 0.0909. The van der Waals surface area contributed by atoms with Crippen molar-refractivity contribution in [2.75, 3.05) is 11.9 Å². The molecule has 7 nitrogen and oxygen atoms in total. The second-order valence-electron chi connectivity index (χ2n) is 6.20. The van der Waals surface area contributed by atoms with Crippen molar-refractivity contribution < 1.29 is 14.5 Å². The van der Waals surface area contributed by atoms with Gasteiger partial charge in [0.15, 0.2) is 0 Å². The summed E-state index contributed by atoms with van der Waals surface area (Å²) in [5, 5.41) is 10.9. The van der Waals surface area contributed by atoms with E-state index in [2.05, 4.69) is 4.99 Å². The maximum atomic E-state index is 12.4. The molecule has 146 valence electrons. The Balaban J connectivity index is 1.74. The second-order valence-corrected chi connectivity index (χ2v) is 6.20. The fourth-order valence-electron chi connectivity index (χ4n) is 2.63. The third-order valence-electron chi connectivity index (χ3n) is 4.16. The summed E-state index contributed by atoms with van der Waals surface area (Å²) in [5.41, 5.74) is 2.57. The predicted molar refractivity (Wildman–Crippen MR) is 112 cm³/mol. The van der Waals surface area contributed by atoms with Crippen LogP contribution >= 0.6 is 0 Å². The SMILES string of the molecule is CN(C(=O)OCc1ccccc1)c1ccccc1N=Cc1cccc([N+](=O)[O-])c1. The number of hydrogen-bond donors (Lipinski definition) is 0. The van der Waals surface area contributed by atoms with Crippen LogP contribution in [0.25, 0.3) is 0 Å². The molecular weight excluding hydrogens is 370 g/mol. The van der Waals surface area contributed by atoms with Gasteiger partial charge in [-0.3, -0.25) is 20.0 Å². The number of hydrogen-bond acceptors (Lipinski definition) is 5. The summed E-state index contributed by atoms with van der Waals surface area (Å²) in [6, 6.07) is 22.7. The van der Waals surface area contributed by atoms with Gasteiger partial charge >= 0.3 is 6.09 Å². The molecule has 3 aromatic rings. The minimum atomic E-state index is -0.508. The number of nitro groups is 1. The van der Waals surface area contributed by atoms with Gasteiger partial charge in [0.25, 0.3) is 5.69 Å². The molecule has 0 aliphatic rings. The molecule has 0 aliphatic heterocycles. The van der Waals surface area contributed by atoms with E-state index in [1.54, 1.807) is 43.4 Å². The molecular formula is C22H19N3O4. The number of ether oxygens (including phenoxy) is 1. The van der Waals surface area contributed by atoms with Crippen LogP contribution in [-0.2, 0) is 11.3 Å². The first-order valence-corrected chi connectivity index (χ1v) is 8.86. The first kappa shape index (κ1) is 19.8. The first-order valence-electron chi connectivity index (χ1n) is 8.86. The van der Waals surface area contributed by atoms with Gasteiger partial charge in [-0.25, -0.2) is 4.79 Å². The van der Waals surface area contributed by atoms with Crippen molar-refractivity contribution in [2.45, 2.75) is 6.61 Å². The van der Waals surface area contributed by atoms with E-state index in [1.165, 1.54) is 23.2 Å². The molecule has 3 aromatic carbocycles. The largest absolute Gasteiger partial charge is 0.444 e. The lowest BCUT2D eigenvalue weighted by atomic mass is 10.2. The van der Waals surface area contributed by atoms with Crippen LogP contribution in [0.5, 0.6) is 0 Å². The summed E-state index contributed by atoms with van der Waals surface area (Å²) in [6.45, 7) is 0.170. The quantitative estimate of drug-likeness (QED) is 0.333. The third-order valence-corrected chi connectivity index (χ3v) is 4.16. The third kappa shape index (κ3) is 5.26. The monoisotopic (exact) mass is 389 g/mol. The Morgan fingerprint density at radius 2 is 1.79 bits per heavy atom. The van der Waals surface area contributed by atoms with Crippen molar-refractivity contribution in [1.82, 2.24) is 0 Å². The van der Waals surface area contributed by atoms with Gasteiger partial charge < -0.3 is 4.74 Å². The van der Waals surface area contributed by atoms with Crippen molar-refractivity contribution in [1.29, 1.82) is 0 Å². The number of nitro benzene ring substituents is 1. The van der Waals surface area contributed by atoms with Gasteiger partial charge in [-0.2, -0.15) is 0 Å². The maximum absolute atomic E-state index is 12.4. The number of rotatable bonds is 6. The number of carbonyl (C=O) groups is 1. The molecule has 0 aromatic heterocycles. The summed E-state index contributed by atoms with van der Waals surface area (Å²) in [4.78, 5) is 28.7. The van der Waals surface area contributed by atoms with E-state index in [-0.39, 0.29) is 12.3 Å². The van der Waals surface area contributed by atoms with Gasteiger partial charge in [-0.05, 0) is 23.3 Å². The van der Waals surface area contributed by atoms with Crippen LogP contribution in [0.3, 0.4) is 0 Å². The molecule has 1 amide bonds. The second kappa shape index (κ2) is 9.27. The van der Waals surface area contributed by atoms with Gasteiger partial charge in [-0.1, -0.05) is 54.6 Å². The normalized spacial score (nSPS) is 10.7. The van der Waals surface area contributed by atoms with Crippen LogP contribution in [-0.4, -0.2) is 24.3 Å². The molecule has 0 spiro atoms. The van der Waals surface area contributed by atoms with Crippen molar-refractivity contribution in [3.63, 3.8) is 0 Å². The van der Waals surface area contributed by atoms with E-state index >= 15 is 0 Å². The summed E-state index contributed by atoms with van der Waals surface area (Å²) in [5.74, 6) is 0. The summed E-state index contributed by atoms with van der Waals surface area (Å²) in [6.07, 6.45) is 1.02. The van der Waals surface area contributed by atoms with E-state index in [1.807, 2.05) is 30.3 Å². The molecule has 0 radical (unpaired) electrons. The van der Waals surface area contributed by atoms with Crippen molar-refractivity contribution in [3.05, 3.63) is 100 Å². The smallest absolute Gasteiger partial charge is 0.414 e. The maximum Gasteiger partial charge on any atom is 0.414 e. The molecule has 7 heteroatoms. The lowest BCUT2D eigenvalue weighted by Gasteiger charge is -2.18. The standard InChI is InChI=1S/C22H19N3O4/c1-24(22(26)29-16-17-8-3-2-4-9-17)21-13-6-5-12-20(21)23-15-18-10-7-11-19(14-18)25(27)28/h2-15H,16H2,1H3. The number of benzene rings is 3. The average molecular weight is 389 g/mol. The minimum absolute atomic E-state index is 0.0103. The Morgan fingerprint density at radius 3 is 2.55 bits per heavy atom. The molecule has 0 saturated carbocycles. The first-order chi connectivity index (χ1) is 14.0. The van der Waals surface area contributed by atoms with Crippen LogP contribution in [0.1, 0.15) is 11.1 Å². The average Bonchev–Trinajstić information content (AvgIpc) is 2.76. The summed E-state index contributed by atoms with van der Waals surface area (Å²) >= 11 is 0. The zero-order valence-electron chi connectivity index (χ0n) is 15.8. The molecule has 0 aliphatic carbocycles. The van der Waals surface area contributed by atoms with Gasteiger partial charge in [0.1, 0.15) is 6.61 Å². The number of non-ortho nitro benzene ring substituents is 1. The molecule has 0 fully saturated rings. The Morgan fingerprint density at radius 1 is 1.07 bits per heavy atom. The number of carbonyl (C=O) groups excluding carboxylic acids is 1. The number of aliphatic imine (C=N–C) groups is 1. The van der Waals surface area contributed by atoms with Gasteiger partial charge in [0.2, 0.25) is 0 Å². The van der Waals surface area contributed by atoms with Crippen LogP contribution in [0.15, 0.2) is 83.9 Å². The Kier molecular flexibility index (Phi) is 6.32. The number of anilines is 1. The number of amides is 1. The van der Waals surface area contributed by atoms with E-state index in [4.69, 9.17) is 4.74 Å². The minimum Gasteiger partial charge on any atom is -0.444 e. The van der Waals surface area contributed by atoms with Crippen molar-refractivity contribution >= 4 is 29.4 Å². The highest BCUT2D eigenvalue weighted by atomic mass is 16.6. The van der Waals surface area contributed by atoms with Crippen LogP contribution in [0, 0.1) is 10.1 Å². The molecule has 0 unspecified atom stereocenters. The fourth-order valence-corrected chi connectivity index (χ4v) is 2.63. The van der Waals surface area contributed by atoms with Crippen LogP contribution in [0.4, 0.5) is 21.9 Å². The van der Waals surface area contributed by atoms with Crippen LogP contribution in [0.2, 0.25) is 0 Å². The van der Waals surface area contributed by atoms with E-state index in [9.17, 15) is 14.9 Å².